The smallest absolute Gasteiger partial charge is 0.242 e. The largest absolute Gasteiger partial charge is 0.376 e. The van der Waals surface area contributed by atoms with Gasteiger partial charge >= 0.3 is 0 Å². The van der Waals surface area contributed by atoms with Crippen LogP contribution in [0.1, 0.15) is 30.4 Å². The van der Waals surface area contributed by atoms with Crippen LogP contribution in [0.2, 0.25) is 5.02 Å². The molecule has 2 aliphatic rings. The van der Waals surface area contributed by atoms with E-state index >= 15 is 0 Å². The number of rotatable bonds is 6. The van der Waals surface area contributed by atoms with E-state index in [9.17, 15) is 9.59 Å². The first kappa shape index (κ1) is 22.8. The van der Waals surface area contributed by atoms with Gasteiger partial charge in [0.15, 0.2) is 5.17 Å². The Labute approximate surface area is 197 Å². The van der Waals surface area contributed by atoms with Crippen LogP contribution in [-0.2, 0) is 14.3 Å². The highest BCUT2D eigenvalue weighted by atomic mass is 35.5. The summed E-state index contributed by atoms with van der Waals surface area (Å²) in [4.78, 5) is 32.4. The minimum atomic E-state index is -0.528. The SMILES string of the molecule is Cc1ccc(N=C2SC(CC(=O)Nc3cccc(Cl)c3C)C(=O)N2CC2CCCO2)cc1. The van der Waals surface area contributed by atoms with Gasteiger partial charge in [0, 0.05) is 23.7 Å². The number of hydrogen-bond acceptors (Lipinski definition) is 5. The number of ether oxygens (including phenoxy) is 1. The number of carbonyl (C=O) groups is 2. The highest BCUT2D eigenvalue weighted by Gasteiger charge is 2.40. The second-order valence-electron chi connectivity index (χ2n) is 8.08. The zero-order valence-corrected chi connectivity index (χ0v) is 19.7. The summed E-state index contributed by atoms with van der Waals surface area (Å²) in [5.41, 5.74) is 3.38. The average Bonchev–Trinajstić information content (AvgIpc) is 3.37. The molecule has 0 radical (unpaired) electrons. The van der Waals surface area contributed by atoms with Gasteiger partial charge in [0.1, 0.15) is 5.25 Å². The Morgan fingerprint density at radius 3 is 2.75 bits per heavy atom. The predicted octanol–water partition coefficient (Wildman–Crippen LogP) is 5.10. The van der Waals surface area contributed by atoms with Crippen LogP contribution < -0.4 is 5.32 Å². The van der Waals surface area contributed by atoms with Crippen molar-refractivity contribution in [3.63, 3.8) is 0 Å². The molecule has 2 aromatic rings. The third kappa shape index (κ3) is 5.34. The van der Waals surface area contributed by atoms with Gasteiger partial charge in [-0.25, -0.2) is 4.99 Å². The number of halogens is 1. The van der Waals surface area contributed by atoms with Crippen molar-refractivity contribution in [2.24, 2.45) is 4.99 Å². The molecule has 6 nitrogen and oxygen atoms in total. The molecule has 2 fully saturated rings. The number of amidine groups is 1. The number of aryl methyl sites for hydroxylation is 1. The molecule has 8 heteroatoms. The maximum absolute atomic E-state index is 13.2. The molecule has 168 valence electrons. The van der Waals surface area contributed by atoms with Crippen molar-refractivity contribution < 1.29 is 14.3 Å². The number of thioether (sulfide) groups is 1. The molecule has 0 bridgehead atoms. The van der Waals surface area contributed by atoms with Crippen molar-refractivity contribution >= 4 is 51.7 Å². The second kappa shape index (κ2) is 10.1. The molecule has 2 heterocycles. The van der Waals surface area contributed by atoms with E-state index in [1.54, 1.807) is 23.1 Å². The van der Waals surface area contributed by atoms with E-state index in [-0.39, 0.29) is 24.3 Å². The fraction of sp³-hybridized carbons (Fsp3) is 0.375. The highest BCUT2D eigenvalue weighted by molar-refractivity contribution is 8.15. The Morgan fingerprint density at radius 1 is 1.25 bits per heavy atom. The number of carbonyl (C=O) groups excluding carboxylic acids is 2. The van der Waals surface area contributed by atoms with Crippen LogP contribution >= 0.6 is 23.4 Å². The molecule has 2 saturated heterocycles. The summed E-state index contributed by atoms with van der Waals surface area (Å²) in [5, 5.41) is 3.56. The maximum atomic E-state index is 13.2. The van der Waals surface area contributed by atoms with E-state index < -0.39 is 5.25 Å². The van der Waals surface area contributed by atoms with E-state index in [2.05, 4.69) is 5.32 Å². The Kier molecular flexibility index (Phi) is 7.18. The number of aliphatic imine (C=N–C) groups is 1. The molecule has 0 spiro atoms. The zero-order valence-electron chi connectivity index (χ0n) is 18.1. The molecule has 2 aliphatic heterocycles. The normalized spacial score (nSPS) is 22.0. The molecule has 32 heavy (non-hydrogen) atoms. The lowest BCUT2D eigenvalue weighted by molar-refractivity contribution is -0.129. The van der Waals surface area contributed by atoms with E-state index in [1.807, 2.05) is 38.1 Å². The number of anilines is 1. The Morgan fingerprint density at radius 2 is 2.03 bits per heavy atom. The van der Waals surface area contributed by atoms with Crippen LogP contribution in [0.5, 0.6) is 0 Å². The summed E-state index contributed by atoms with van der Waals surface area (Å²) < 4.78 is 5.75. The molecule has 1 N–H and O–H groups in total. The predicted molar refractivity (Wildman–Crippen MR) is 130 cm³/mol. The Balaban J connectivity index is 1.50. The summed E-state index contributed by atoms with van der Waals surface area (Å²) in [6.07, 6.45) is 1.98. The maximum Gasteiger partial charge on any atom is 0.242 e. The van der Waals surface area contributed by atoms with Crippen molar-refractivity contribution in [1.29, 1.82) is 0 Å². The van der Waals surface area contributed by atoms with Gasteiger partial charge in [0.25, 0.3) is 0 Å². The summed E-state index contributed by atoms with van der Waals surface area (Å²) in [7, 11) is 0. The van der Waals surface area contributed by atoms with E-state index in [0.29, 0.717) is 22.4 Å². The number of benzene rings is 2. The summed E-state index contributed by atoms with van der Waals surface area (Å²) in [5.74, 6) is -0.329. The molecule has 2 unspecified atom stereocenters. The molecule has 0 aliphatic carbocycles. The summed E-state index contributed by atoms with van der Waals surface area (Å²) in [6.45, 7) is 5.05. The summed E-state index contributed by atoms with van der Waals surface area (Å²) >= 11 is 7.49. The van der Waals surface area contributed by atoms with Gasteiger partial charge in [0.05, 0.1) is 18.3 Å². The van der Waals surface area contributed by atoms with Crippen LogP contribution in [-0.4, -0.2) is 46.4 Å². The van der Waals surface area contributed by atoms with Crippen molar-refractivity contribution in [2.75, 3.05) is 18.5 Å². The molecule has 2 atom stereocenters. The van der Waals surface area contributed by atoms with Gasteiger partial charge < -0.3 is 10.1 Å². The van der Waals surface area contributed by atoms with Gasteiger partial charge in [-0.15, -0.1) is 0 Å². The fourth-order valence-electron chi connectivity index (χ4n) is 3.73. The van der Waals surface area contributed by atoms with Crippen LogP contribution in [0, 0.1) is 13.8 Å². The van der Waals surface area contributed by atoms with Crippen LogP contribution in [0.25, 0.3) is 0 Å². The monoisotopic (exact) mass is 471 g/mol. The van der Waals surface area contributed by atoms with Crippen molar-refractivity contribution in [3.8, 4) is 0 Å². The van der Waals surface area contributed by atoms with Gasteiger partial charge in [-0.1, -0.05) is 47.1 Å². The van der Waals surface area contributed by atoms with Crippen molar-refractivity contribution in [3.05, 3.63) is 58.6 Å². The van der Waals surface area contributed by atoms with Crippen molar-refractivity contribution in [1.82, 2.24) is 4.90 Å². The standard InChI is InChI=1S/C24H26ClN3O3S/c1-15-8-10-17(11-9-15)26-24-28(14-18-5-4-12-31-18)23(30)21(32-24)13-22(29)27-20-7-3-6-19(25)16(20)2/h3,6-11,18,21H,4-5,12-14H2,1-2H3,(H,27,29). The first-order chi connectivity index (χ1) is 15.4. The Hall–Kier alpha value is -2.35. The van der Waals surface area contributed by atoms with Gasteiger partial charge in [-0.05, 0) is 56.5 Å². The molecule has 0 aromatic heterocycles. The molecule has 4 rings (SSSR count). The molecule has 2 amide bonds. The van der Waals surface area contributed by atoms with Gasteiger partial charge in [-0.2, -0.15) is 0 Å². The van der Waals surface area contributed by atoms with Crippen molar-refractivity contribution in [2.45, 2.75) is 44.5 Å². The molecule has 0 saturated carbocycles. The Bertz CT molecular complexity index is 1040. The van der Waals surface area contributed by atoms with Crippen LogP contribution in [0.3, 0.4) is 0 Å². The first-order valence-corrected chi connectivity index (χ1v) is 12.0. The fourth-order valence-corrected chi connectivity index (χ4v) is 5.07. The van der Waals surface area contributed by atoms with E-state index in [0.717, 1.165) is 36.3 Å². The lowest BCUT2D eigenvalue weighted by atomic mass is 10.2. The quantitative estimate of drug-likeness (QED) is 0.636. The number of nitrogens with zero attached hydrogens (tertiary/aromatic N) is 2. The van der Waals surface area contributed by atoms with E-state index in [1.165, 1.54) is 11.8 Å². The average molecular weight is 472 g/mol. The minimum absolute atomic E-state index is 0.00412. The second-order valence-corrected chi connectivity index (χ2v) is 9.66. The molecular weight excluding hydrogens is 446 g/mol. The third-order valence-electron chi connectivity index (χ3n) is 5.60. The number of nitrogens with one attached hydrogen (secondary N) is 1. The minimum Gasteiger partial charge on any atom is -0.376 e. The third-order valence-corrected chi connectivity index (χ3v) is 7.19. The molecule has 2 aromatic carbocycles. The zero-order chi connectivity index (χ0) is 22.7. The lowest BCUT2D eigenvalue weighted by Gasteiger charge is -2.20. The lowest BCUT2D eigenvalue weighted by Crippen LogP contribution is -2.38. The van der Waals surface area contributed by atoms with Gasteiger partial charge in [-0.3, -0.25) is 14.5 Å². The topological polar surface area (TPSA) is 71.0 Å². The van der Waals surface area contributed by atoms with Crippen LogP contribution in [0.15, 0.2) is 47.5 Å². The van der Waals surface area contributed by atoms with E-state index in [4.69, 9.17) is 21.3 Å². The number of amides is 2. The highest BCUT2D eigenvalue weighted by Crippen LogP contribution is 2.33. The number of hydrogen-bond donors (Lipinski definition) is 1. The van der Waals surface area contributed by atoms with Crippen LogP contribution in [0.4, 0.5) is 11.4 Å². The first-order valence-electron chi connectivity index (χ1n) is 10.7. The summed E-state index contributed by atoms with van der Waals surface area (Å²) in [6, 6.07) is 13.2. The molecular formula is C24H26ClN3O3S. The van der Waals surface area contributed by atoms with Gasteiger partial charge in [0.2, 0.25) is 11.8 Å².